The van der Waals surface area contributed by atoms with E-state index in [9.17, 15) is 0 Å². The largest absolute Gasteiger partial charge is 0.475 e. The first kappa shape index (κ1) is 12.4. The van der Waals surface area contributed by atoms with E-state index >= 15 is 0 Å². The second-order valence-electron chi connectivity index (χ2n) is 4.48. The Morgan fingerprint density at radius 1 is 1.41 bits per heavy atom. The van der Waals surface area contributed by atoms with Gasteiger partial charge in [0, 0.05) is 12.3 Å². The molecule has 0 N–H and O–H groups in total. The van der Waals surface area contributed by atoms with Gasteiger partial charge in [-0.2, -0.15) is 3.21 Å². The number of hydrogen-bond donors (Lipinski definition) is 0. The third kappa shape index (κ3) is 3.21. The maximum absolute atomic E-state index is 5.68. The van der Waals surface area contributed by atoms with Crippen LogP contribution in [-0.2, 0) is 0 Å². The summed E-state index contributed by atoms with van der Waals surface area (Å²) >= 11 is -0.386. The average Bonchev–Trinajstić information content (AvgIpc) is 2.82. The number of halogens is 1. The smallest absolute Gasteiger partial charge is 0.213 e. The standard InChI is InChI=1S/C11H15IN4O/c1-9-4-5-10(13-6-9)17-7-11(2,3)16-8-14-12-15-16/h4-6,8H,7H2,1-3H3. The molecule has 5 nitrogen and oxygen atoms in total. The van der Waals surface area contributed by atoms with Gasteiger partial charge < -0.3 is 4.74 Å². The number of ether oxygens (including phenoxy) is 1. The summed E-state index contributed by atoms with van der Waals surface area (Å²) in [5.74, 6) is 0.648. The fourth-order valence-corrected chi connectivity index (χ4v) is 2.61. The van der Waals surface area contributed by atoms with Crippen molar-refractivity contribution in [1.29, 1.82) is 0 Å². The topological polar surface area (TPSA) is 50.1 Å². The van der Waals surface area contributed by atoms with Crippen LogP contribution in [0.15, 0.2) is 24.8 Å². The lowest BCUT2D eigenvalue weighted by Crippen LogP contribution is -2.43. The molecule has 0 amide bonds. The van der Waals surface area contributed by atoms with Crippen molar-refractivity contribution >= 4 is 27.6 Å². The highest BCUT2D eigenvalue weighted by Crippen LogP contribution is 2.22. The van der Waals surface area contributed by atoms with Crippen molar-refractivity contribution in [3.05, 3.63) is 23.9 Å². The van der Waals surface area contributed by atoms with Crippen molar-refractivity contribution in [1.82, 2.24) is 9.99 Å². The maximum Gasteiger partial charge on any atom is 0.213 e. The monoisotopic (exact) mass is 346 g/mol. The maximum atomic E-state index is 5.68. The first-order chi connectivity index (χ1) is 8.08. The fraction of sp³-hybridized carbons (Fsp3) is 0.455. The summed E-state index contributed by atoms with van der Waals surface area (Å²) in [5, 5.41) is 1.88. The van der Waals surface area contributed by atoms with Crippen LogP contribution in [0.3, 0.4) is 0 Å². The highest BCUT2D eigenvalue weighted by molar-refractivity contribution is 14.1. The molecular weight excluding hydrogens is 331 g/mol. The molecule has 0 bridgehead atoms. The average molecular weight is 346 g/mol. The molecule has 2 rings (SSSR count). The molecule has 2 heterocycles. The summed E-state index contributed by atoms with van der Waals surface area (Å²) in [6.07, 6.45) is 3.59. The Bertz CT molecular complexity index is 429. The first-order valence-electron chi connectivity index (χ1n) is 5.31. The minimum atomic E-state index is -0.386. The summed E-state index contributed by atoms with van der Waals surface area (Å²) in [7, 11) is 0. The van der Waals surface area contributed by atoms with E-state index in [1.165, 1.54) is 0 Å². The molecule has 0 atom stereocenters. The number of rotatable bonds is 4. The van der Waals surface area contributed by atoms with Crippen molar-refractivity contribution in [3.63, 3.8) is 0 Å². The molecule has 1 aliphatic rings. The summed E-state index contributed by atoms with van der Waals surface area (Å²) in [6, 6.07) is 3.87. The predicted molar refractivity (Wildman–Crippen MR) is 75.3 cm³/mol. The Kier molecular flexibility index (Phi) is 3.70. The van der Waals surface area contributed by atoms with Crippen LogP contribution in [0.4, 0.5) is 0 Å². The van der Waals surface area contributed by atoms with Crippen molar-refractivity contribution in [2.24, 2.45) is 6.46 Å². The third-order valence-corrected chi connectivity index (χ3v) is 3.55. The van der Waals surface area contributed by atoms with Crippen LogP contribution in [0.2, 0.25) is 0 Å². The van der Waals surface area contributed by atoms with Crippen LogP contribution >= 0.6 is 21.3 Å². The highest BCUT2D eigenvalue weighted by Gasteiger charge is 2.27. The van der Waals surface area contributed by atoms with Gasteiger partial charge in [-0.1, -0.05) is 6.07 Å². The lowest BCUT2D eigenvalue weighted by atomic mass is 10.1. The van der Waals surface area contributed by atoms with Crippen molar-refractivity contribution in [2.45, 2.75) is 26.3 Å². The lowest BCUT2D eigenvalue weighted by molar-refractivity contribution is 0.135. The Balaban J connectivity index is 1.95. The molecule has 1 aromatic rings. The van der Waals surface area contributed by atoms with E-state index in [4.69, 9.17) is 4.74 Å². The van der Waals surface area contributed by atoms with Crippen LogP contribution in [0, 0.1) is 6.92 Å². The fourth-order valence-electron chi connectivity index (χ4n) is 1.25. The zero-order chi connectivity index (χ0) is 12.3. The second-order valence-corrected chi connectivity index (χ2v) is 5.90. The van der Waals surface area contributed by atoms with Gasteiger partial charge in [-0.3, -0.25) is 0 Å². The number of hydrogen-bond acceptors (Lipinski definition) is 5. The van der Waals surface area contributed by atoms with Crippen LogP contribution < -0.4 is 4.74 Å². The zero-order valence-electron chi connectivity index (χ0n) is 10.1. The van der Waals surface area contributed by atoms with E-state index in [1.807, 2.05) is 24.1 Å². The molecule has 6 heteroatoms. The molecular formula is C11H15IN4O. The van der Waals surface area contributed by atoms with Gasteiger partial charge in [0.2, 0.25) is 5.88 Å². The van der Waals surface area contributed by atoms with E-state index in [-0.39, 0.29) is 26.8 Å². The van der Waals surface area contributed by atoms with E-state index in [2.05, 4.69) is 25.3 Å². The van der Waals surface area contributed by atoms with Crippen LogP contribution in [0.5, 0.6) is 5.88 Å². The lowest BCUT2D eigenvalue weighted by Gasteiger charge is -2.30. The van der Waals surface area contributed by atoms with Gasteiger partial charge in [-0.15, -0.1) is 3.25 Å². The molecule has 0 aromatic carbocycles. The highest BCUT2D eigenvalue weighted by atomic mass is 127. The molecule has 17 heavy (non-hydrogen) atoms. The third-order valence-electron chi connectivity index (χ3n) is 2.39. The minimum Gasteiger partial charge on any atom is -0.475 e. The number of pyridine rings is 1. The summed E-state index contributed by atoms with van der Waals surface area (Å²) in [5.41, 5.74) is 0.940. The van der Waals surface area contributed by atoms with Gasteiger partial charge >= 0.3 is 0 Å². The zero-order valence-corrected chi connectivity index (χ0v) is 12.2. The Hall–Kier alpha value is -1.05. The van der Waals surface area contributed by atoms with Crippen molar-refractivity contribution < 1.29 is 4.74 Å². The van der Waals surface area contributed by atoms with Crippen LogP contribution in [0.1, 0.15) is 19.4 Å². The summed E-state index contributed by atoms with van der Waals surface area (Å²) < 4.78 is 14.2. The molecule has 0 spiro atoms. The van der Waals surface area contributed by atoms with Crippen LogP contribution in [0.25, 0.3) is 0 Å². The Morgan fingerprint density at radius 2 is 2.24 bits per heavy atom. The SMILES string of the molecule is Cc1ccc(OCC(C)(C)N2C=NI=N2)nc1. The number of aryl methyl sites for hydroxylation is 1. The van der Waals surface area contributed by atoms with Gasteiger partial charge in [0.1, 0.15) is 12.9 Å². The minimum absolute atomic E-state index is 0.188. The molecule has 0 saturated carbocycles. The molecule has 0 radical (unpaired) electrons. The molecule has 0 aliphatic carbocycles. The van der Waals surface area contributed by atoms with E-state index < -0.39 is 0 Å². The second kappa shape index (κ2) is 5.07. The number of aromatic nitrogens is 1. The molecule has 1 aliphatic heterocycles. The van der Waals surface area contributed by atoms with E-state index in [0.29, 0.717) is 12.5 Å². The number of nitrogens with zero attached hydrogens (tertiary/aromatic N) is 4. The van der Waals surface area contributed by atoms with Gasteiger partial charge in [-0.25, -0.2) is 9.99 Å². The first-order valence-corrected chi connectivity index (χ1v) is 7.24. The molecule has 0 fully saturated rings. The van der Waals surface area contributed by atoms with Crippen molar-refractivity contribution in [3.8, 4) is 5.88 Å². The molecule has 0 saturated heterocycles. The normalized spacial score (nSPS) is 14.9. The molecule has 1 aromatic heterocycles. The molecule has 92 valence electrons. The molecule has 0 unspecified atom stereocenters. The van der Waals surface area contributed by atoms with E-state index in [1.54, 1.807) is 12.5 Å². The summed E-state index contributed by atoms with van der Waals surface area (Å²) in [4.78, 5) is 4.21. The predicted octanol–water partition coefficient (Wildman–Crippen LogP) is 2.88. The summed E-state index contributed by atoms with van der Waals surface area (Å²) in [6.45, 7) is 6.68. The van der Waals surface area contributed by atoms with Crippen LogP contribution in [-0.4, -0.2) is 28.5 Å². The Labute approximate surface area is 111 Å². The van der Waals surface area contributed by atoms with Gasteiger partial charge in [0.05, 0.1) is 5.54 Å². The van der Waals surface area contributed by atoms with Gasteiger partial charge in [0.25, 0.3) is 0 Å². The quantitative estimate of drug-likeness (QED) is 0.788. The Morgan fingerprint density at radius 3 is 2.82 bits per heavy atom. The van der Waals surface area contributed by atoms with Gasteiger partial charge in [-0.05, 0) is 26.3 Å². The van der Waals surface area contributed by atoms with Crippen molar-refractivity contribution in [2.75, 3.05) is 6.61 Å². The van der Waals surface area contributed by atoms with E-state index in [0.717, 1.165) is 5.56 Å². The van der Waals surface area contributed by atoms with Gasteiger partial charge in [0.15, 0.2) is 21.3 Å².